The Morgan fingerprint density at radius 3 is 2.59 bits per heavy atom. The van der Waals surface area contributed by atoms with E-state index in [1.807, 2.05) is 60.7 Å². The summed E-state index contributed by atoms with van der Waals surface area (Å²) in [5, 5.41) is 4.07. The standard InChI is InChI=1S/C26H25N3O3S2/c1-3-26(2)14-19-20(15-32-26)34-23-22(19)24(31)29(18-12-8-5-9-13-18)25(28-23)33-16-21(30)27-17-10-6-4-7-11-17/h4-13H,3,14-16H2,1-2H3,(H,27,30)/t26-/m0/s1. The molecule has 34 heavy (non-hydrogen) atoms. The van der Waals surface area contributed by atoms with Crippen molar-refractivity contribution in [2.45, 2.75) is 44.1 Å². The lowest BCUT2D eigenvalue weighted by Gasteiger charge is -2.32. The number of nitrogens with zero attached hydrogens (tertiary/aromatic N) is 2. The van der Waals surface area contributed by atoms with Gasteiger partial charge in [0.2, 0.25) is 5.91 Å². The number of aromatic nitrogens is 2. The van der Waals surface area contributed by atoms with E-state index in [-0.39, 0.29) is 22.8 Å². The Kier molecular flexibility index (Phi) is 6.29. The van der Waals surface area contributed by atoms with E-state index in [0.29, 0.717) is 28.4 Å². The molecule has 0 unspecified atom stereocenters. The van der Waals surface area contributed by atoms with Gasteiger partial charge in [-0.2, -0.15) is 0 Å². The summed E-state index contributed by atoms with van der Waals surface area (Å²) in [5.74, 6) is -0.00958. The second-order valence-electron chi connectivity index (χ2n) is 8.53. The van der Waals surface area contributed by atoms with Crippen molar-refractivity contribution in [1.29, 1.82) is 0 Å². The molecule has 5 rings (SSSR count). The number of nitrogens with one attached hydrogen (secondary N) is 1. The van der Waals surface area contributed by atoms with Crippen molar-refractivity contribution in [2.24, 2.45) is 0 Å². The topological polar surface area (TPSA) is 73.2 Å². The van der Waals surface area contributed by atoms with E-state index in [2.05, 4.69) is 19.2 Å². The van der Waals surface area contributed by atoms with Gasteiger partial charge < -0.3 is 10.1 Å². The lowest BCUT2D eigenvalue weighted by atomic mass is 9.90. The Morgan fingerprint density at radius 1 is 1.18 bits per heavy atom. The zero-order chi connectivity index (χ0) is 23.7. The first kappa shape index (κ1) is 22.8. The Bertz CT molecular complexity index is 1400. The first-order valence-corrected chi connectivity index (χ1v) is 13.0. The lowest BCUT2D eigenvalue weighted by Crippen LogP contribution is -2.34. The Hall–Kier alpha value is -2.94. The van der Waals surface area contributed by atoms with E-state index >= 15 is 0 Å². The SMILES string of the molecule is CC[C@@]1(C)Cc2c(sc3nc(SCC(=O)Nc4ccccc4)n(-c4ccccc4)c(=O)c23)CO1. The van der Waals surface area contributed by atoms with E-state index in [9.17, 15) is 9.59 Å². The molecule has 0 spiro atoms. The summed E-state index contributed by atoms with van der Waals surface area (Å²) in [7, 11) is 0. The minimum Gasteiger partial charge on any atom is -0.369 e. The number of ether oxygens (including phenoxy) is 1. The predicted molar refractivity (Wildman–Crippen MR) is 138 cm³/mol. The molecule has 1 amide bonds. The van der Waals surface area contributed by atoms with Gasteiger partial charge in [-0.15, -0.1) is 11.3 Å². The molecule has 0 radical (unpaired) electrons. The van der Waals surface area contributed by atoms with Crippen molar-refractivity contribution in [2.75, 3.05) is 11.1 Å². The van der Waals surface area contributed by atoms with Crippen LogP contribution in [-0.2, 0) is 22.6 Å². The number of carbonyl (C=O) groups excluding carboxylic acids is 1. The van der Waals surface area contributed by atoms with E-state index in [0.717, 1.165) is 28.2 Å². The molecule has 0 aliphatic carbocycles. The second kappa shape index (κ2) is 9.37. The second-order valence-corrected chi connectivity index (χ2v) is 10.6. The maximum absolute atomic E-state index is 13.9. The Labute approximate surface area is 206 Å². The van der Waals surface area contributed by atoms with Crippen LogP contribution in [0.25, 0.3) is 15.9 Å². The highest BCUT2D eigenvalue weighted by molar-refractivity contribution is 7.99. The highest BCUT2D eigenvalue weighted by Crippen LogP contribution is 2.39. The minimum atomic E-state index is -0.284. The van der Waals surface area contributed by atoms with Crippen LogP contribution in [0.5, 0.6) is 0 Å². The van der Waals surface area contributed by atoms with Crippen molar-refractivity contribution < 1.29 is 9.53 Å². The number of fused-ring (bicyclic) bond motifs is 3. The molecule has 2 aromatic heterocycles. The zero-order valence-electron chi connectivity index (χ0n) is 19.0. The quantitative estimate of drug-likeness (QED) is 0.288. The first-order chi connectivity index (χ1) is 16.5. The molecule has 0 bridgehead atoms. The molecule has 0 fully saturated rings. The number of carbonyl (C=O) groups is 1. The third-order valence-electron chi connectivity index (χ3n) is 6.13. The third kappa shape index (κ3) is 4.41. The molecule has 1 N–H and O–H groups in total. The third-order valence-corrected chi connectivity index (χ3v) is 8.17. The molecule has 1 aliphatic rings. The summed E-state index contributed by atoms with van der Waals surface area (Å²) in [4.78, 5) is 33.1. The molecule has 174 valence electrons. The van der Waals surface area contributed by atoms with Gasteiger partial charge in [0.1, 0.15) is 4.83 Å². The number of hydrogen-bond donors (Lipinski definition) is 1. The van der Waals surface area contributed by atoms with E-state index in [1.54, 1.807) is 4.57 Å². The fourth-order valence-electron chi connectivity index (χ4n) is 4.08. The number of thiophene rings is 1. The summed E-state index contributed by atoms with van der Waals surface area (Å²) in [6.45, 7) is 4.70. The molecular weight excluding hydrogens is 466 g/mol. The van der Waals surface area contributed by atoms with Crippen LogP contribution in [0, 0.1) is 0 Å². The van der Waals surface area contributed by atoms with E-state index in [1.165, 1.54) is 23.1 Å². The lowest BCUT2D eigenvalue weighted by molar-refractivity contribution is -0.113. The fraction of sp³-hybridized carbons (Fsp3) is 0.269. The van der Waals surface area contributed by atoms with Crippen molar-refractivity contribution in [1.82, 2.24) is 9.55 Å². The zero-order valence-corrected chi connectivity index (χ0v) is 20.7. The van der Waals surface area contributed by atoms with Crippen molar-refractivity contribution in [3.05, 3.63) is 81.5 Å². The summed E-state index contributed by atoms with van der Waals surface area (Å²) in [6, 6.07) is 18.8. The first-order valence-electron chi connectivity index (χ1n) is 11.2. The van der Waals surface area contributed by atoms with Gasteiger partial charge in [-0.05, 0) is 43.2 Å². The van der Waals surface area contributed by atoms with E-state index in [4.69, 9.17) is 9.72 Å². The normalized spacial score (nSPS) is 17.5. The van der Waals surface area contributed by atoms with Crippen molar-refractivity contribution >= 4 is 44.9 Å². The number of hydrogen-bond acceptors (Lipinski definition) is 6. The maximum Gasteiger partial charge on any atom is 0.267 e. The van der Waals surface area contributed by atoms with Crippen LogP contribution >= 0.6 is 23.1 Å². The number of para-hydroxylation sites is 2. The smallest absolute Gasteiger partial charge is 0.267 e. The van der Waals surface area contributed by atoms with Crippen LogP contribution in [0.4, 0.5) is 5.69 Å². The number of benzene rings is 2. The van der Waals surface area contributed by atoms with Crippen LogP contribution in [0.1, 0.15) is 30.7 Å². The number of thioether (sulfide) groups is 1. The average molecular weight is 492 g/mol. The molecule has 0 saturated carbocycles. The van der Waals surface area contributed by atoms with Gasteiger partial charge in [0.25, 0.3) is 5.56 Å². The van der Waals surface area contributed by atoms with Crippen LogP contribution in [0.15, 0.2) is 70.6 Å². The van der Waals surface area contributed by atoms with Crippen LogP contribution in [0.3, 0.4) is 0 Å². The molecule has 6 nitrogen and oxygen atoms in total. The van der Waals surface area contributed by atoms with Gasteiger partial charge in [0.05, 0.1) is 29.0 Å². The number of anilines is 1. The minimum absolute atomic E-state index is 0.0972. The largest absolute Gasteiger partial charge is 0.369 e. The van der Waals surface area contributed by atoms with Crippen LogP contribution < -0.4 is 10.9 Å². The van der Waals surface area contributed by atoms with Gasteiger partial charge in [0, 0.05) is 17.0 Å². The average Bonchev–Trinajstić information content (AvgIpc) is 3.21. The van der Waals surface area contributed by atoms with Gasteiger partial charge in [-0.25, -0.2) is 4.98 Å². The monoisotopic (exact) mass is 491 g/mol. The Balaban J connectivity index is 1.55. The molecule has 1 aliphatic heterocycles. The van der Waals surface area contributed by atoms with Gasteiger partial charge in [0.15, 0.2) is 5.16 Å². The molecule has 8 heteroatoms. The number of amides is 1. The molecule has 2 aromatic carbocycles. The van der Waals surface area contributed by atoms with Crippen LogP contribution in [0.2, 0.25) is 0 Å². The highest BCUT2D eigenvalue weighted by atomic mass is 32.2. The fourth-order valence-corrected chi connectivity index (χ4v) is 6.04. The van der Waals surface area contributed by atoms with Gasteiger partial charge in [-0.3, -0.25) is 14.2 Å². The van der Waals surface area contributed by atoms with Crippen molar-refractivity contribution in [3.63, 3.8) is 0 Å². The summed E-state index contributed by atoms with van der Waals surface area (Å²) >= 11 is 2.78. The van der Waals surface area contributed by atoms with Gasteiger partial charge in [-0.1, -0.05) is 55.1 Å². The predicted octanol–water partition coefficient (Wildman–Crippen LogP) is 5.42. The summed E-state index contributed by atoms with van der Waals surface area (Å²) < 4.78 is 7.74. The molecule has 3 heterocycles. The van der Waals surface area contributed by atoms with E-state index < -0.39 is 0 Å². The molecule has 4 aromatic rings. The number of rotatable bonds is 6. The van der Waals surface area contributed by atoms with Crippen molar-refractivity contribution in [3.8, 4) is 5.69 Å². The molecular formula is C26H25N3O3S2. The van der Waals surface area contributed by atoms with Crippen LogP contribution in [-0.4, -0.2) is 26.8 Å². The highest BCUT2D eigenvalue weighted by Gasteiger charge is 2.33. The molecule has 0 saturated heterocycles. The van der Waals surface area contributed by atoms with Gasteiger partial charge >= 0.3 is 0 Å². The Morgan fingerprint density at radius 2 is 1.88 bits per heavy atom. The summed E-state index contributed by atoms with van der Waals surface area (Å²) in [5.41, 5.74) is 2.14. The molecule has 1 atom stereocenters. The summed E-state index contributed by atoms with van der Waals surface area (Å²) in [6.07, 6.45) is 1.56. The maximum atomic E-state index is 13.9.